The number of amides is 3. The van der Waals surface area contributed by atoms with Crippen LogP contribution in [0.3, 0.4) is 0 Å². The van der Waals surface area contributed by atoms with Crippen LogP contribution < -0.4 is 10.6 Å². The van der Waals surface area contributed by atoms with Gasteiger partial charge in [-0.05, 0) is 37.0 Å². The summed E-state index contributed by atoms with van der Waals surface area (Å²) < 4.78 is 0. The Labute approximate surface area is 150 Å². The number of anilines is 1. The predicted molar refractivity (Wildman–Crippen MR) is 92.8 cm³/mol. The fourth-order valence-corrected chi connectivity index (χ4v) is 4.17. The molecule has 3 amide bonds. The highest BCUT2D eigenvalue weighted by molar-refractivity contribution is 6.34. The molecule has 25 heavy (non-hydrogen) atoms. The standard InChI is InChI=1S/C17H20ClN3O4/c1-19-14(22)12-5-4-11(7-13(12)18)20-16(25)21-8-10-3-2-6-17(10,9-21)15(23)24/h4-5,7,10H,2-3,6,8-9H2,1H3,(H,19,22)(H,20,25)(H,23,24)/t10-,17+/m0/s1. The maximum atomic E-state index is 12.5. The van der Waals surface area contributed by atoms with Gasteiger partial charge in [-0.2, -0.15) is 0 Å². The molecule has 1 heterocycles. The Morgan fingerprint density at radius 3 is 2.72 bits per heavy atom. The van der Waals surface area contributed by atoms with Crippen molar-refractivity contribution in [1.82, 2.24) is 10.2 Å². The molecule has 2 atom stereocenters. The first-order valence-corrected chi connectivity index (χ1v) is 8.56. The van der Waals surface area contributed by atoms with E-state index in [-0.39, 0.29) is 29.4 Å². The van der Waals surface area contributed by atoms with E-state index in [0.29, 0.717) is 24.2 Å². The van der Waals surface area contributed by atoms with Gasteiger partial charge < -0.3 is 20.6 Å². The first kappa shape index (κ1) is 17.5. The molecule has 0 aromatic heterocycles. The van der Waals surface area contributed by atoms with Crippen molar-refractivity contribution in [2.75, 3.05) is 25.5 Å². The molecule has 3 rings (SSSR count). The van der Waals surface area contributed by atoms with E-state index in [4.69, 9.17) is 11.6 Å². The van der Waals surface area contributed by atoms with Crippen molar-refractivity contribution >= 4 is 35.2 Å². The number of hydrogen-bond donors (Lipinski definition) is 3. The fraction of sp³-hybridized carbons (Fsp3) is 0.471. The maximum absolute atomic E-state index is 12.5. The lowest BCUT2D eigenvalue weighted by atomic mass is 9.81. The normalized spacial score (nSPS) is 24.7. The number of fused-ring (bicyclic) bond motifs is 1. The zero-order valence-electron chi connectivity index (χ0n) is 13.8. The molecule has 1 saturated carbocycles. The van der Waals surface area contributed by atoms with Gasteiger partial charge in [0.2, 0.25) is 0 Å². The highest BCUT2D eigenvalue weighted by Crippen LogP contribution is 2.48. The molecule has 7 nitrogen and oxygen atoms in total. The number of carboxylic acid groups (broad SMARTS) is 1. The molecule has 1 saturated heterocycles. The van der Waals surface area contributed by atoms with Crippen LogP contribution in [-0.4, -0.2) is 48.1 Å². The lowest BCUT2D eigenvalue weighted by Gasteiger charge is -2.23. The van der Waals surface area contributed by atoms with Crippen LogP contribution in [0.1, 0.15) is 29.6 Å². The molecule has 1 aliphatic carbocycles. The largest absolute Gasteiger partial charge is 0.481 e. The van der Waals surface area contributed by atoms with Crippen molar-refractivity contribution in [3.63, 3.8) is 0 Å². The third-order valence-corrected chi connectivity index (χ3v) is 5.59. The van der Waals surface area contributed by atoms with E-state index in [9.17, 15) is 19.5 Å². The zero-order valence-corrected chi connectivity index (χ0v) is 14.6. The number of aliphatic carboxylic acids is 1. The number of benzene rings is 1. The van der Waals surface area contributed by atoms with Crippen LogP contribution >= 0.6 is 11.6 Å². The van der Waals surface area contributed by atoms with Gasteiger partial charge in [-0.25, -0.2) is 4.79 Å². The van der Waals surface area contributed by atoms with Gasteiger partial charge in [0.1, 0.15) is 0 Å². The van der Waals surface area contributed by atoms with Crippen LogP contribution in [0, 0.1) is 11.3 Å². The molecule has 0 spiro atoms. The summed E-state index contributed by atoms with van der Waals surface area (Å²) in [4.78, 5) is 37.4. The number of nitrogens with one attached hydrogen (secondary N) is 2. The van der Waals surface area contributed by atoms with Crippen LogP contribution in [0.15, 0.2) is 18.2 Å². The first-order chi connectivity index (χ1) is 11.9. The number of nitrogens with zero attached hydrogens (tertiary/aromatic N) is 1. The van der Waals surface area contributed by atoms with Gasteiger partial charge in [0.25, 0.3) is 5.91 Å². The number of hydrogen-bond acceptors (Lipinski definition) is 3. The highest BCUT2D eigenvalue weighted by Gasteiger charge is 2.55. The van der Waals surface area contributed by atoms with Gasteiger partial charge in [0.05, 0.1) is 16.0 Å². The first-order valence-electron chi connectivity index (χ1n) is 8.18. The number of urea groups is 1. The van der Waals surface area contributed by atoms with E-state index >= 15 is 0 Å². The maximum Gasteiger partial charge on any atom is 0.321 e. The number of halogens is 1. The average molecular weight is 366 g/mol. The molecule has 1 aromatic rings. The summed E-state index contributed by atoms with van der Waals surface area (Å²) >= 11 is 6.08. The second-order valence-corrected chi connectivity index (χ2v) is 7.04. The molecule has 2 aliphatic rings. The molecule has 8 heteroatoms. The van der Waals surface area contributed by atoms with E-state index in [0.717, 1.165) is 12.8 Å². The van der Waals surface area contributed by atoms with Crippen LogP contribution in [0.25, 0.3) is 0 Å². The Morgan fingerprint density at radius 2 is 2.12 bits per heavy atom. The van der Waals surface area contributed by atoms with Crippen LogP contribution in [0.4, 0.5) is 10.5 Å². The number of likely N-dealkylation sites (tertiary alicyclic amines) is 1. The molecule has 0 bridgehead atoms. The van der Waals surface area contributed by atoms with Crippen LogP contribution in [0.5, 0.6) is 0 Å². The lowest BCUT2D eigenvalue weighted by Crippen LogP contribution is -2.38. The quantitative estimate of drug-likeness (QED) is 0.766. The Bertz CT molecular complexity index is 739. The van der Waals surface area contributed by atoms with Crippen molar-refractivity contribution in [2.45, 2.75) is 19.3 Å². The highest BCUT2D eigenvalue weighted by atomic mass is 35.5. The van der Waals surface area contributed by atoms with Gasteiger partial charge >= 0.3 is 12.0 Å². The third kappa shape index (κ3) is 3.04. The van der Waals surface area contributed by atoms with Gasteiger partial charge in [0.15, 0.2) is 0 Å². The number of rotatable bonds is 3. The minimum atomic E-state index is -0.816. The summed E-state index contributed by atoms with van der Waals surface area (Å²) in [5, 5.41) is 15.0. The number of carboxylic acids is 1. The van der Waals surface area contributed by atoms with Crippen LogP contribution in [0.2, 0.25) is 5.02 Å². The SMILES string of the molecule is CNC(=O)c1ccc(NC(=O)N2C[C@@H]3CCC[C@@]3(C(=O)O)C2)cc1Cl. The molecular formula is C17H20ClN3O4. The average Bonchev–Trinajstić information content (AvgIpc) is 3.12. The van der Waals surface area contributed by atoms with Gasteiger partial charge in [-0.15, -0.1) is 0 Å². The van der Waals surface area contributed by atoms with Crippen LogP contribution in [-0.2, 0) is 4.79 Å². The zero-order chi connectivity index (χ0) is 18.2. The summed E-state index contributed by atoms with van der Waals surface area (Å²) in [5.74, 6) is -1.11. The summed E-state index contributed by atoms with van der Waals surface area (Å²) in [5.41, 5.74) is -0.0234. The summed E-state index contributed by atoms with van der Waals surface area (Å²) in [7, 11) is 1.51. The Hall–Kier alpha value is -2.28. The molecule has 0 radical (unpaired) electrons. The van der Waals surface area contributed by atoms with Crippen molar-refractivity contribution in [3.05, 3.63) is 28.8 Å². The smallest absolute Gasteiger partial charge is 0.321 e. The molecular weight excluding hydrogens is 346 g/mol. The minimum Gasteiger partial charge on any atom is -0.481 e. The van der Waals surface area contributed by atoms with E-state index in [1.165, 1.54) is 19.2 Å². The Morgan fingerprint density at radius 1 is 1.36 bits per heavy atom. The van der Waals surface area contributed by atoms with Crippen molar-refractivity contribution < 1.29 is 19.5 Å². The van der Waals surface area contributed by atoms with Gasteiger partial charge in [0, 0.05) is 25.8 Å². The van der Waals surface area contributed by atoms with Crippen molar-refractivity contribution in [1.29, 1.82) is 0 Å². The van der Waals surface area contributed by atoms with E-state index in [1.54, 1.807) is 11.0 Å². The Balaban J connectivity index is 1.70. The molecule has 0 unspecified atom stereocenters. The second kappa shape index (κ2) is 6.55. The number of carbonyl (C=O) groups excluding carboxylic acids is 2. The summed E-state index contributed by atoms with van der Waals surface area (Å²) in [6.07, 6.45) is 2.34. The summed E-state index contributed by atoms with van der Waals surface area (Å²) in [6, 6.07) is 4.29. The number of carbonyl (C=O) groups is 3. The van der Waals surface area contributed by atoms with E-state index in [1.807, 2.05) is 0 Å². The van der Waals surface area contributed by atoms with Gasteiger partial charge in [-0.1, -0.05) is 18.0 Å². The molecule has 134 valence electrons. The Kier molecular flexibility index (Phi) is 4.60. The minimum absolute atomic E-state index is 0.00923. The molecule has 1 aliphatic heterocycles. The predicted octanol–water partition coefficient (Wildman–Crippen LogP) is 2.42. The van der Waals surface area contributed by atoms with E-state index in [2.05, 4.69) is 10.6 Å². The monoisotopic (exact) mass is 365 g/mol. The molecule has 1 aromatic carbocycles. The molecule has 3 N–H and O–H groups in total. The third-order valence-electron chi connectivity index (χ3n) is 5.28. The topological polar surface area (TPSA) is 98.7 Å². The summed E-state index contributed by atoms with van der Waals surface area (Å²) in [6.45, 7) is 0.672. The van der Waals surface area contributed by atoms with Gasteiger partial charge in [-0.3, -0.25) is 9.59 Å². The second-order valence-electron chi connectivity index (χ2n) is 6.63. The fourth-order valence-electron chi connectivity index (χ4n) is 3.91. The van der Waals surface area contributed by atoms with E-state index < -0.39 is 11.4 Å². The molecule has 2 fully saturated rings. The van der Waals surface area contributed by atoms with Crippen molar-refractivity contribution in [3.8, 4) is 0 Å². The lowest BCUT2D eigenvalue weighted by molar-refractivity contribution is -0.149. The van der Waals surface area contributed by atoms with Crippen molar-refractivity contribution in [2.24, 2.45) is 11.3 Å².